The summed E-state index contributed by atoms with van der Waals surface area (Å²) >= 11 is 0. The van der Waals surface area contributed by atoms with Gasteiger partial charge in [-0.05, 0) is 17.7 Å². The van der Waals surface area contributed by atoms with Gasteiger partial charge in [-0.2, -0.15) is 0 Å². The Morgan fingerprint density at radius 2 is 1.88 bits per heavy atom. The van der Waals surface area contributed by atoms with Gasteiger partial charge in [0.1, 0.15) is 18.0 Å². The lowest BCUT2D eigenvalue weighted by molar-refractivity contribution is -0.161. The lowest BCUT2D eigenvalue weighted by atomic mass is 9.76. The number of carboxylic acid groups (broad SMARTS) is 1. The number of phenols is 1. The standard InChI is InChI=1S/C15H18O9/c16-6-10(18)12-13(21)15(23,14(22)24-12)9(5-11(19)20)7-1-3-8(17)4-2-7/h1-4,9-10,12-13,16-18,21,23H,5-6H2,(H,19,20). The largest absolute Gasteiger partial charge is 0.508 e. The summed E-state index contributed by atoms with van der Waals surface area (Å²) in [4.78, 5) is 23.3. The topological polar surface area (TPSA) is 165 Å². The zero-order valence-electron chi connectivity index (χ0n) is 12.4. The molecule has 6 N–H and O–H groups in total. The maximum Gasteiger partial charge on any atom is 0.342 e. The van der Waals surface area contributed by atoms with Gasteiger partial charge in [0.05, 0.1) is 13.0 Å². The van der Waals surface area contributed by atoms with E-state index in [9.17, 15) is 30.0 Å². The number of aliphatic hydroxyl groups is 4. The normalized spacial score (nSPS) is 29.1. The van der Waals surface area contributed by atoms with Crippen molar-refractivity contribution in [2.24, 2.45) is 0 Å². The molecule has 1 saturated heterocycles. The molecule has 24 heavy (non-hydrogen) atoms. The highest BCUT2D eigenvalue weighted by Gasteiger charge is 2.62. The van der Waals surface area contributed by atoms with Crippen LogP contribution in [-0.4, -0.2) is 73.1 Å². The van der Waals surface area contributed by atoms with Gasteiger partial charge in [0.25, 0.3) is 0 Å². The number of cyclic esters (lactones) is 1. The van der Waals surface area contributed by atoms with Gasteiger partial charge in [-0.1, -0.05) is 12.1 Å². The van der Waals surface area contributed by atoms with Crippen molar-refractivity contribution in [3.05, 3.63) is 29.8 Å². The summed E-state index contributed by atoms with van der Waals surface area (Å²) in [6.07, 6.45) is -5.90. The summed E-state index contributed by atoms with van der Waals surface area (Å²) in [6.45, 7) is -0.826. The van der Waals surface area contributed by atoms with Gasteiger partial charge < -0.3 is 35.4 Å². The summed E-state index contributed by atoms with van der Waals surface area (Å²) < 4.78 is 4.76. The van der Waals surface area contributed by atoms with Crippen LogP contribution >= 0.6 is 0 Å². The molecule has 9 nitrogen and oxygen atoms in total. The molecule has 1 aliphatic heterocycles. The predicted octanol–water partition coefficient (Wildman–Crippen LogP) is -1.68. The molecule has 9 heteroatoms. The Bertz CT molecular complexity index is 614. The molecule has 1 aromatic carbocycles. The number of hydrogen-bond acceptors (Lipinski definition) is 8. The molecule has 0 aliphatic carbocycles. The first-order valence-electron chi connectivity index (χ1n) is 7.13. The Morgan fingerprint density at radius 1 is 1.29 bits per heavy atom. The number of aliphatic hydroxyl groups excluding tert-OH is 3. The minimum Gasteiger partial charge on any atom is -0.508 e. The molecule has 1 aliphatic rings. The van der Waals surface area contributed by atoms with Crippen LogP contribution in [0, 0.1) is 0 Å². The number of hydrogen-bond donors (Lipinski definition) is 6. The van der Waals surface area contributed by atoms with Crippen molar-refractivity contribution in [3.63, 3.8) is 0 Å². The van der Waals surface area contributed by atoms with E-state index in [1.807, 2.05) is 0 Å². The van der Waals surface area contributed by atoms with Crippen LogP contribution in [0.4, 0.5) is 0 Å². The average Bonchev–Trinajstić information content (AvgIpc) is 2.77. The monoisotopic (exact) mass is 342 g/mol. The van der Waals surface area contributed by atoms with E-state index in [4.69, 9.17) is 14.9 Å². The van der Waals surface area contributed by atoms with Gasteiger partial charge in [-0.15, -0.1) is 0 Å². The summed E-state index contributed by atoms with van der Waals surface area (Å²) in [5, 5.41) is 58.0. The number of carboxylic acids is 1. The van der Waals surface area contributed by atoms with Crippen LogP contribution in [-0.2, 0) is 14.3 Å². The number of aliphatic carboxylic acids is 1. The molecular formula is C15H18O9. The highest BCUT2D eigenvalue weighted by Crippen LogP contribution is 2.42. The third-order valence-electron chi connectivity index (χ3n) is 4.10. The molecule has 5 atom stereocenters. The Kier molecular flexibility index (Phi) is 5.09. The van der Waals surface area contributed by atoms with E-state index in [0.29, 0.717) is 0 Å². The molecule has 0 bridgehead atoms. The number of rotatable bonds is 6. The van der Waals surface area contributed by atoms with Crippen molar-refractivity contribution < 1.29 is 45.0 Å². The molecule has 0 aromatic heterocycles. The van der Waals surface area contributed by atoms with Gasteiger partial charge in [0, 0.05) is 5.92 Å². The van der Waals surface area contributed by atoms with Crippen molar-refractivity contribution in [1.82, 2.24) is 0 Å². The molecule has 0 spiro atoms. The molecule has 1 fully saturated rings. The molecule has 0 saturated carbocycles. The second-order valence-electron chi connectivity index (χ2n) is 5.63. The van der Waals surface area contributed by atoms with Gasteiger partial charge in [-0.25, -0.2) is 4.79 Å². The van der Waals surface area contributed by atoms with E-state index < -0.39 is 54.8 Å². The number of esters is 1. The predicted molar refractivity (Wildman–Crippen MR) is 77.0 cm³/mol. The van der Waals surface area contributed by atoms with Crippen LogP contribution in [0.3, 0.4) is 0 Å². The quantitative estimate of drug-likeness (QED) is 0.331. The van der Waals surface area contributed by atoms with Gasteiger partial charge in [-0.3, -0.25) is 4.79 Å². The highest BCUT2D eigenvalue weighted by molar-refractivity contribution is 5.85. The van der Waals surface area contributed by atoms with Crippen LogP contribution in [0.15, 0.2) is 24.3 Å². The fourth-order valence-electron chi connectivity index (χ4n) is 2.80. The van der Waals surface area contributed by atoms with Crippen molar-refractivity contribution in [2.75, 3.05) is 6.61 Å². The number of ether oxygens (including phenoxy) is 1. The maximum atomic E-state index is 12.1. The van der Waals surface area contributed by atoms with Crippen LogP contribution in [0.1, 0.15) is 17.9 Å². The average molecular weight is 342 g/mol. The molecule has 1 aromatic rings. The van der Waals surface area contributed by atoms with Crippen LogP contribution in [0.5, 0.6) is 5.75 Å². The van der Waals surface area contributed by atoms with Crippen LogP contribution in [0.25, 0.3) is 0 Å². The Balaban J connectivity index is 2.45. The SMILES string of the molecule is O=C(O)CC(c1ccc(O)cc1)C1(O)C(=O)OC(C(O)CO)C1O. The smallest absolute Gasteiger partial charge is 0.342 e. The van der Waals surface area contributed by atoms with E-state index in [2.05, 4.69) is 0 Å². The maximum absolute atomic E-state index is 12.1. The van der Waals surface area contributed by atoms with Crippen LogP contribution in [0.2, 0.25) is 0 Å². The molecule has 0 radical (unpaired) electrons. The van der Waals surface area contributed by atoms with Crippen molar-refractivity contribution >= 4 is 11.9 Å². The molecular weight excluding hydrogens is 324 g/mol. The second kappa shape index (κ2) is 6.73. The van der Waals surface area contributed by atoms with Crippen LogP contribution < -0.4 is 0 Å². The Morgan fingerprint density at radius 3 is 2.38 bits per heavy atom. The summed E-state index contributed by atoms with van der Waals surface area (Å²) in [5.74, 6) is -4.14. The number of carbonyl (C=O) groups is 2. The molecule has 0 amide bonds. The third-order valence-corrected chi connectivity index (χ3v) is 4.10. The van der Waals surface area contributed by atoms with Crippen molar-refractivity contribution in [1.29, 1.82) is 0 Å². The minimum atomic E-state index is -2.63. The van der Waals surface area contributed by atoms with Gasteiger partial charge in [0.2, 0.25) is 0 Å². The fraction of sp³-hybridized carbons (Fsp3) is 0.467. The zero-order valence-corrected chi connectivity index (χ0v) is 12.4. The lowest BCUT2D eigenvalue weighted by Gasteiger charge is -2.32. The second-order valence-corrected chi connectivity index (χ2v) is 5.63. The molecule has 2 rings (SSSR count). The van der Waals surface area contributed by atoms with E-state index in [-0.39, 0.29) is 11.3 Å². The number of aromatic hydroxyl groups is 1. The zero-order chi connectivity index (χ0) is 18.1. The highest BCUT2D eigenvalue weighted by atomic mass is 16.6. The van der Waals surface area contributed by atoms with E-state index in [0.717, 1.165) is 0 Å². The Hall–Kier alpha value is -2.20. The van der Waals surface area contributed by atoms with Gasteiger partial charge in [0.15, 0.2) is 11.7 Å². The van der Waals surface area contributed by atoms with E-state index in [1.165, 1.54) is 24.3 Å². The van der Waals surface area contributed by atoms with Crippen molar-refractivity contribution in [2.45, 2.75) is 36.3 Å². The third kappa shape index (κ3) is 3.06. The summed E-state index contributed by atoms with van der Waals surface area (Å²) in [6, 6.07) is 5.08. The molecule has 1 heterocycles. The molecule has 132 valence electrons. The molecule has 5 unspecified atom stereocenters. The first kappa shape index (κ1) is 18.1. The summed E-state index contributed by atoms with van der Waals surface area (Å²) in [5.41, 5.74) is -2.45. The lowest BCUT2D eigenvalue weighted by Crippen LogP contribution is -2.53. The van der Waals surface area contributed by atoms with Crippen molar-refractivity contribution in [3.8, 4) is 5.75 Å². The summed E-state index contributed by atoms with van der Waals surface area (Å²) in [7, 11) is 0. The van der Waals surface area contributed by atoms with E-state index in [1.54, 1.807) is 0 Å². The first-order chi connectivity index (χ1) is 11.2. The number of phenolic OH excluding ortho intramolecular Hbond substituents is 1. The minimum absolute atomic E-state index is 0.108. The number of carbonyl (C=O) groups excluding carboxylic acids is 1. The van der Waals surface area contributed by atoms with E-state index >= 15 is 0 Å². The number of benzene rings is 1. The Labute approximate surface area is 136 Å². The fourth-order valence-corrected chi connectivity index (χ4v) is 2.80. The first-order valence-corrected chi connectivity index (χ1v) is 7.13. The van der Waals surface area contributed by atoms with Gasteiger partial charge >= 0.3 is 11.9 Å².